The van der Waals surface area contributed by atoms with Gasteiger partial charge in [-0.2, -0.15) is 17.4 Å². The molecule has 0 fully saturated rings. The van der Waals surface area contributed by atoms with E-state index in [4.69, 9.17) is 11.6 Å². The highest BCUT2D eigenvalue weighted by molar-refractivity contribution is 7.87. The van der Waals surface area contributed by atoms with Crippen LogP contribution in [0, 0.1) is 5.82 Å². The van der Waals surface area contributed by atoms with Crippen molar-refractivity contribution >= 4 is 21.8 Å². The van der Waals surface area contributed by atoms with E-state index >= 15 is 0 Å². The van der Waals surface area contributed by atoms with Crippen LogP contribution in [-0.2, 0) is 10.2 Å². The predicted octanol–water partition coefficient (Wildman–Crippen LogP) is 1.69. The van der Waals surface area contributed by atoms with Gasteiger partial charge in [0.15, 0.2) is 0 Å². The molecule has 114 valence electrons. The summed E-state index contributed by atoms with van der Waals surface area (Å²) >= 11 is 5.57. The molecular weight excluding hydrogens is 307 g/mol. The summed E-state index contributed by atoms with van der Waals surface area (Å²) in [5, 5.41) is 9.25. The average Bonchev–Trinajstić information content (AvgIpc) is 2.39. The van der Waals surface area contributed by atoms with E-state index in [0.29, 0.717) is 18.5 Å². The minimum atomic E-state index is -3.74. The van der Waals surface area contributed by atoms with E-state index in [-0.39, 0.29) is 5.02 Å². The van der Waals surface area contributed by atoms with Gasteiger partial charge in [0.05, 0.1) is 17.7 Å². The quantitative estimate of drug-likeness (QED) is 0.802. The van der Waals surface area contributed by atoms with Crippen molar-refractivity contribution in [1.82, 2.24) is 9.03 Å². The number of hydrogen-bond acceptors (Lipinski definition) is 3. The lowest BCUT2D eigenvalue weighted by molar-refractivity contribution is 0.256. The monoisotopic (exact) mass is 324 g/mol. The highest BCUT2D eigenvalue weighted by Crippen LogP contribution is 2.21. The van der Waals surface area contributed by atoms with Crippen LogP contribution in [0.5, 0.6) is 0 Å². The summed E-state index contributed by atoms with van der Waals surface area (Å²) in [5.41, 5.74) is 0.308. The molecule has 1 unspecified atom stereocenters. The molecule has 5 nitrogen and oxygen atoms in total. The van der Waals surface area contributed by atoms with Crippen LogP contribution in [0.1, 0.15) is 24.9 Å². The molecule has 20 heavy (non-hydrogen) atoms. The van der Waals surface area contributed by atoms with Crippen LogP contribution < -0.4 is 4.72 Å². The second-order valence-electron chi connectivity index (χ2n) is 4.35. The van der Waals surface area contributed by atoms with Gasteiger partial charge in [-0.3, -0.25) is 0 Å². The standard InChI is InChI=1S/C12H18ClFN2O3S/c1-3-6-16(2)20(18,19)15-12(8-17)9-4-5-10(13)11(14)7-9/h4-5,7,12,15,17H,3,6,8H2,1-2H3. The van der Waals surface area contributed by atoms with Gasteiger partial charge in [-0.1, -0.05) is 24.6 Å². The Labute approximate surface area is 123 Å². The van der Waals surface area contributed by atoms with E-state index in [9.17, 15) is 17.9 Å². The molecule has 0 aromatic heterocycles. The molecule has 0 saturated carbocycles. The van der Waals surface area contributed by atoms with Crippen molar-refractivity contribution in [1.29, 1.82) is 0 Å². The van der Waals surface area contributed by atoms with E-state index in [1.54, 1.807) is 0 Å². The van der Waals surface area contributed by atoms with Crippen LogP contribution in [0.25, 0.3) is 0 Å². The highest BCUT2D eigenvalue weighted by Gasteiger charge is 2.23. The Morgan fingerprint density at radius 2 is 2.15 bits per heavy atom. The van der Waals surface area contributed by atoms with E-state index in [1.165, 1.54) is 19.2 Å². The van der Waals surface area contributed by atoms with Gasteiger partial charge in [-0.15, -0.1) is 0 Å². The van der Waals surface area contributed by atoms with Gasteiger partial charge in [-0.25, -0.2) is 4.39 Å². The summed E-state index contributed by atoms with van der Waals surface area (Å²) in [4.78, 5) is 0. The van der Waals surface area contributed by atoms with Crippen LogP contribution >= 0.6 is 11.6 Å². The molecule has 1 aromatic rings. The lowest BCUT2D eigenvalue weighted by atomic mass is 10.1. The Morgan fingerprint density at radius 3 is 2.65 bits per heavy atom. The SMILES string of the molecule is CCCN(C)S(=O)(=O)NC(CO)c1ccc(Cl)c(F)c1. The zero-order valence-electron chi connectivity index (χ0n) is 11.3. The van der Waals surface area contributed by atoms with Crippen molar-refractivity contribution in [2.24, 2.45) is 0 Å². The van der Waals surface area contributed by atoms with E-state index in [2.05, 4.69) is 4.72 Å². The maximum absolute atomic E-state index is 13.4. The number of hydrogen-bond donors (Lipinski definition) is 2. The molecule has 0 aliphatic carbocycles. The number of nitrogens with one attached hydrogen (secondary N) is 1. The smallest absolute Gasteiger partial charge is 0.279 e. The van der Waals surface area contributed by atoms with Crippen LogP contribution in [-0.4, -0.2) is 38.0 Å². The number of benzene rings is 1. The summed E-state index contributed by atoms with van der Waals surface area (Å²) in [5.74, 6) is -0.663. The molecular formula is C12H18ClFN2O3S. The first kappa shape index (κ1) is 17.3. The molecule has 0 radical (unpaired) electrons. The first-order chi connectivity index (χ1) is 9.31. The maximum Gasteiger partial charge on any atom is 0.279 e. The molecule has 0 aliphatic rings. The number of nitrogens with zero attached hydrogens (tertiary/aromatic N) is 1. The average molecular weight is 325 g/mol. The molecule has 2 N–H and O–H groups in total. The molecule has 0 heterocycles. The van der Waals surface area contributed by atoms with Gasteiger partial charge in [0, 0.05) is 13.6 Å². The fourth-order valence-corrected chi connectivity index (χ4v) is 2.94. The second-order valence-corrected chi connectivity index (χ2v) is 6.57. The molecule has 0 spiro atoms. The Balaban J connectivity index is 2.94. The molecule has 0 aliphatic heterocycles. The normalized spacial score (nSPS) is 13.7. The summed E-state index contributed by atoms with van der Waals surface area (Å²) in [6.45, 7) is 1.72. The Hall–Kier alpha value is -0.730. The predicted molar refractivity (Wildman–Crippen MR) is 76.2 cm³/mol. The van der Waals surface area contributed by atoms with Crippen molar-refractivity contribution in [3.8, 4) is 0 Å². The third kappa shape index (κ3) is 4.39. The van der Waals surface area contributed by atoms with Crippen molar-refractivity contribution < 1.29 is 17.9 Å². The Morgan fingerprint density at radius 1 is 1.50 bits per heavy atom. The Bertz CT molecular complexity index is 554. The lowest BCUT2D eigenvalue weighted by Crippen LogP contribution is -2.41. The minimum absolute atomic E-state index is 0.0589. The van der Waals surface area contributed by atoms with Crippen LogP contribution in [0.2, 0.25) is 5.02 Å². The molecule has 8 heteroatoms. The van der Waals surface area contributed by atoms with Crippen LogP contribution in [0.15, 0.2) is 18.2 Å². The van der Waals surface area contributed by atoms with Crippen LogP contribution in [0.4, 0.5) is 4.39 Å². The molecule has 0 bridgehead atoms. The van der Waals surface area contributed by atoms with E-state index < -0.39 is 28.7 Å². The number of aliphatic hydroxyl groups excluding tert-OH is 1. The second kappa shape index (κ2) is 7.33. The molecule has 1 aromatic carbocycles. The molecule has 0 saturated heterocycles. The highest BCUT2D eigenvalue weighted by atomic mass is 35.5. The van der Waals surface area contributed by atoms with Gasteiger partial charge in [0.2, 0.25) is 0 Å². The number of halogens is 2. The van der Waals surface area contributed by atoms with Gasteiger partial charge in [0.1, 0.15) is 5.82 Å². The third-order valence-corrected chi connectivity index (χ3v) is 4.66. The maximum atomic E-state index is 13.4. The summed E-state index contributed by atoms with van der Waals surface area (Å²) in [7, 11) is -2.30. The summed E-state index contributed by atoms with van der Waals surface area (Å²) in [6.07, 6.45) is 0.663. The first-order valence-electron chi connectivity index (χ1n) is 6.11. The molecule has 1 rings (SSSR count). The lowest BCUT2D eigenvalue weighted by Gasteiger charge is -2.22. The van der Waals surface area contributed by atoms with Gasteiger partial charge < -0.3 is 5.11 Å². The van der Waals surface area contributed by atoms with Crippen molar-refractivity contribution in [3.63, 3.8) is 0 Å². The van der Waals surface area contributed by atoms with Crippen molar-refractivity contribution in [2.75, 3.05) is 20.2 Å². The van der Waals surface area contributed by atoms with Gasteiger partial charge in [0.25, 0.3) is 10.2 Å². The van der Waals surface area contributed by atoms with Gasteiger partial charge in [-0.05, 0) is 24.1 Å². The first-order valence-corrected chi connectivity index (χ1v) is 7.93. The topological polar surface area (TPSA) is 69.6 Å². The number of aliphatic hydroxyl groups is 1. The summed E-state index contributed by atoms with van der Waals surface area (Å²) < 4.78 is 40.9. The van der Waals surface area contributed by atoms with Crippen LogP contribution in [0.3, 0.4) is 0 Å². The minimum Gasteiger partial charge on any atom is -0.394 e. The fraction of sp³-hybridized carbons (Fsp3) is 0.500. The molecule has 1 atom stereocenters. The van der Waals surface area contributed by atoms with E-state index in [1.807, 2.05) is 6.92 Å². The van der Waals surface area contributed by atoms with E-state index in [0.717, 1.165) is 10.4 Å². The van der Waals surface area contributed by atoms with Crippen molar-refractivity contribution in [2.45, 2.75) is 19.4 Å². The largest absolute Gasteiger partial charge is 0.394 e. The van der Waals surface area contributed by atoms with Gasteiger partial charge >= 0.3 is 0 Å². The summed E-state index contributed by atoms with van der Waals surface area (Å²) in [6, 6.07) is 2.96. The van der Waals surface area contributed by atoms with Crippen molar-refractivity contribution in [3.05, 3.63) is 34.6 Å². The zero-order valence-corrected chi connectivity index (χ0v) is 12.9. The zero-order chi connectivity index (χ0) is 15.3. The molecule has 0 amide bonds. The number of rotatable bonds is 7. The fourth-order valence-electron chi connectivity index (χ4n) is 1.64. The third-order valence-electron chi connectivity index (χ3n) is 2.77. The Kier molecular flexibility index (Phi) is 6.35.